The van der Waals surface area contributed by atoms with Crippen LogP contribution < -0.4 is 4.74 Å². The van der Waals surface area contributed by atoms with Crippen molar-refractivity contribution >= 4 is 23.2 Å². The number of fused-ring (bicyclic) bond motifs is 3. The van der Waals surface area contributed by atoms with E-state index in [4.69, 9.17) is 16.3 Å². The number of hydrogen-bond donors (Lipinski definition) is 0. The number of aromatic nitrogens is 4. The number of amides is 1. The summed E-state index contributed by atoms with van der Waals surface area (Å²) in [6.45, 7) is 5.17. The third-order valence-electron chi connectivity index (χ3n) is 5.76. The van der Waals surface area contributed by atoms with E-state index in [0.717, 1.165) is 40.3 Å². The van der Waals surface area contributed by atoms with Crippen LogP contribution in [0.3, 0.4) is 0 Å². The molecule has 7 nitrogen and oxygen atoms in total. The Hall–Kier alpha value is -3.45. The normalized spacial score (nSPS) is 12.9. The molecule has 0 spiro atoms. The monoisotopic (exact) mass is 447 g/mol. The standard InChI is InChI=1S/C24H22ClN5O2/c1-15-22(25)16(2)30-23(27-15)19-13-29(14-20(19)28-30)24(31)18-5-3-4-6-21(18)32-12-9-17-7-10-26-11-8-17/h3-8,10-11H,9,12-14H2,1-2H3. The van der Waals surface area contributed by atoms with Crippen LogP contribution in [0.4, 0.5) is 0 Å². The van der Waals surface area contributed by atoms with Crippen molar-refractivity contribution < 1.29 is 9.53 Å². The molecular formula is C24H22ClN5O2. The van der Waals surface area contributed by atoms with Crippen molar-refractivity contribution in [1.82, 2.24) is 24.5 Å². The molecule has 1 amide bonds. The van der Waals surface area contributed by atoms with E-state index in [1.807, 2.05) is 44.2 Å². The van der Waals surface area contributed by atoms with Crippen molar-refractivity contribution in [3.8, 4) is 5.75 Å². The number of benzene rings is 1. The van der Waals surface area contributed by atoms with E-state index < -0.39 is 0 Å². The molecule has 0 unspecified atom stereocenters. The molecule has 8 heteroatoms. The third kappa shape index (κ3) is 3.58. The van der Waals surface area contributed by atoms with Crippen molar-refractivity contribution in [2.45, 2.75) is 33.4 Å². The number of carbonyl (C=O) groups excluding carboxylic acids is 1. The summed E-state index contributed by atoms with van der Waals surface area (Å²) in [7, 11) is 0. The molecule has 0 saturated carbocycles. The molecule has 0 N–H and O–H groups in total. The molecule has 4 heterocycles. The van der Waals surface area contributed by atoms with Gasteiger partial charge in [-0.25, -0.2) is 9.50 Å². The number of ether oxygens (including phenoxy) is 1. The maximum absolute atomic E-state index is 13.4. The first-order valence-corrected chi connectivity index (χ1v) is 10.8. The fourth-order valence-corrected chi connectivity index (χ4v) is 4.15. The van der Waals surface area contributed by atoms with Crippen LogP contribution in [0.2, 0.25) is 5.02 Å². The molecule has 0 atom stereocenters. The highest BCUT2D eigenvalue weighted by Crippen LogP contribution is 2.31. The maximum Gasteiger partial charge on any atom is 0.258 e. The summed E-state index contributed by atoms with van der Waals surface area (Å²) < 4.78 is 7.76. The van der Waals surface area contributed by atoms with Gasteiger partial charge in [-0.2, -0.15) is 5.10 Å². The average Bonchev–Trinajstić information content (AvgIpc) is 3.37. The molecule has 1 aliphatic heterocycles. The lowest BCUT2D eigenvalue weighted by molar-refractivity contribution is 0.0745. The Morgan fingerprint density at radius 3 is 2.72 bits per heavy atom. The van der Waals surface area contributed by atoms with E-state index in [2.05, 4.69) is 15.1 Å². The summed E-state index contributed by atoms with van der Waals surface area (Å²) in [4.78, 5) is 23.8. The minimum atomic E-state index is -0.0805. The Balaban J connectivity index is 1.34. The fourth-order valence-electron chi connectivity index (χ4n) is 4.02. The van der Waals surface area contributed by atoms with E-state index in [-0.39, 0.29) is 5.91 Å². The summed E-state index contributed by atoms with van der Waals surface area (Å²) in [5.41, 5.74) is 5.89. The van der Waals surface area contributed by atoms with E-state index in [9.17, 15) is 4.79 Å². The van der Waals surface area contributed by atoms with Gasteiger partial charge in [0.25, 0.3) is 5.91 Å². The summed E-state index contributed by atoms with van der Waals surface area (Å²) >= 11 is 6.33. The summed E-state index contributed by atoms with van der Waals surface area (Å²) in [6, 6.07) is 11.3. The lowest BCUT2D eigenvalue weighted by Crippen LogP contribution is -2.26. The Labute approximate surface area is 190 Å². The van der Waals surface area contributed by atoms with Crippen molar-refractivity contribution in [3.05, 3.63) is 87.6 Å². The zero-order valence-corrected chi connectivity index (χ0v) is 18.6. The Kier molecular flexibility index (Phi) is 5.27. The van der Waals surface area contributed by atoms with Gasteiger partial charge < -0.3 is 9.64 Å². The van der Waals surface area contributed by atoms with Crippen LogP contribution in [0.5, 0.6) is 5.75 Å². The summed E-state index contributed by atoms with van der Waals surface area (Å²) in [5.74, 6) is 0.505. The zero-order chi connectivity index (χ0) is 22.2. The van der Waals surface area contributed by atoms with Crippen molar-refractivity contribution in [2.24, 2.45) is 0 Å². The predicted octanol–water partition coefficient (Wildman–Crippen LogP) is 4.17. The van der Waals surface area contributed by atoms with Crippen LogP contribution in [0.15, 0.2) is 48.8 Å². The van der Waals surface area contributed by atoms with Crippen LogP contribution >= 0.6 is 11.6 Å². The van der Waals surface area contributed by atoms with Crippen LogP contribution in [0, 0.1) is 13.8 Å². The number of halogens is 1. The number of hydrogen-bond acceptors (Lipinski definition) is 5. The van der Waals surface area contributed by atoms with Gasteiger partial charge in [0.2, 0.25) is 0 Å². The number of nitrogens with zero attached hydrogens (tertiary/aromatic N) is 5. The van der Waals surface area contributed by atoms with Gasteiger partial charge in [0, 0.05) is 24.4 Å². The van der Waals surface area contributed by atoms with Gasteiger partial charge in [-0.3, -0.25) is 9.78 Å². The highest BCUT2D eigenvalue weighted by atomic mass is 35.5. The number of pyridine rings is 1. The third-order valence-corrected chi connectivity index (χ3v) is 6.31. The summed E-state index contributed by atoms with van der Waals surface area (Å²) in [5, 5.41) is 5.28. The molecule has 0 saturated heterocycles. The first kappa shape index (κ1) is 20.5. The molecule has 32 heavy (non-hydrogen) atoms. The first-order valence-electron chi connectivity index (χ1n) is 10.5. The minimum absolute atomic E-state index is 0.0805. The van der Waals surface area contributed by atoms with E-state index in [1.54, 1.807) is 27.9 Å². The largest absolute Gasteiger partial charge is 0.492 e. The molecule has 0 fully saturated rings. The fraction of sp³-hybridized carbons (Fsp3) is 0.250. The Morgan fingerprint density at radius 1 is 1.12 bits per heavy atom. The summed E-state index contributed by atoms with van der Waals surface area (Å²) in [6.07, 6.45) is 4.27. The van der Waals surface area contributed by atoms with Crippen molar-refractivity contribution in [1.29, 1.82) is 0 Å². The molecule has 0 aliphatic carbocycles. The molecule has 1 aromatic carbocycles. The SMILES string of the molecule is Cc1nc2c3c(nn2c(C)c1Cl)CN(C(=O)c1ccccc1OCCc1ccncc1)C3. The van der Waals surface area contributed by atoms with Gasteiger partial charge >= 0.3 is 0 Å². The zero-order valence-electron chi connectivity index (χ0n) is 17.9. The lowest BCUT2D eigenvalue weighted by atomic mass is 10.1. The Bertz CT molecular complexity index is 1320. The molecular weight excluding hydrogens is 426 g/mol. The second-order valence-corrected chi connectivity index (χ2v) is 8.25. The quantitative estimate of drug-likeness (QED) is 0.459. The van der Waals surface area contributed by atoms with E-state index in [0.29, 0.717) is 36.0 Å². The van der Waals surface area contributed by atoms with Crippen LogP contribution in [-0.4, -0.2) is 37.0 Å². The average molecular weight is 448 g/mol. The van der Waals surface area contributed by atoms with E-state index in [1.165, 1.54) is 0 Å². The topological polar surface area (TPSA) is 72.6 Å². The molecule has 0 bridgehead atoms. The van der Waals surface area contributed by atoms with Crippen LogP contribution in [-0.2, 0) is 19.5 Å². The van der Waals surface area contributed by atoms with Gasteiger partial charge in [0.15, 0.2) is 5.65 Å². The predicted molar refractivity (Wildman–Crippen MR) is 121 cm³/mol. The van der Waals surface area contributed by atoms with E-state index >= 15 is 0 Å². The van der Waals surface area contributed by atoms with Crippen molar-refractivity contribution in [2.75, 3.05) is 6.61 Å². The number of aryl methyl sites for hydroxylation is 2. The molecule has 3 aromatic heterocycles. The first-order chi connectivity index (χ1) is 15.5. The van der Waals surface area contributed by atoms with Crippen LogP contribution in [0.1, 0.15) is 38.6 Å². The number of para-hydroxylation sites is 1. The molecule has 4 aromatic rings. The Morgan fingerprint density at radius 2 is 1.91 bits per heavy atom. The second kappa shape index (κ2) is 8.24. The molecule has 162 valence electrons. The molecule has 5 rings (SSSR count). The highest BCUT2D eigenvalue weighted by molar-refractivity contribution is 6.31. The second-order valence-electron chi connectivity index (χ2n) is 7.87. The van der Waals surface area contributed by atoms with Gasteiger partial charge in [0.05, 0.1) is 47.4 Å². The molecule has 1 aliphatic rings. The van der Waals surface area contributed by atoms with Crippen LogP contribution in [0.25, 0.3) is 5.65 Å². The molecule has 0 radical (unpaired) electrons. The smallest absolute Gasteiger partial charge is 0.258 e. The van der Waals surface area contributed by atoms with Crippen molar-refractivity contribution in [3.63, 3.8) is 0 Å². The highest BCUT2D eigenvalue weighted by Gasteiger charge is 2.31. The lowest BCUT2D eigenvalue weighted by Gasteiger charge is -2.18. The van der Waals surface area contributed by atoms with Gasteiger partial charge in [0.1, 0.15) is 5.75 Å². The number of rotatable bonds is 5. The van der Waals surface area contributed by atoms with Gasteiger partial charge in [-0.15, -0.1) is 0 Å². The van der Waals surface area contributed by atoms with Gasteiger partial charge in [-0.1, -0.05) is 23.7 Å². The van der Waals surface area contributed by atoms with Gasteiger partial charge in [-0.05, 0) is 43.7 Å². The minimum Gasteiger partial charge on any atom is -0.492 e. The maximum atomic E-state index is 13.4. The number of carbonyl (C=O) groups is 1.